The summed E-state index contributed by atoms with van der Waals surface area (Å²) in [5, 5.41) is 4.41. The van der Waals surface area contributed by atoms with E-state index in [0.29, 0.717) is 0 Å². The second-order valence-corrected chi connectivity index (χ2v) is 5.15. The van der Waals surface area contributed by atoms with E-state index in [1.165, 1.54) is 12.8 Å². The van der Waals surface area contributed by atoms with Crippen molar-refractivity contribution in [2.75, 3.05) is 25.9 Å². The smallest absolute Gasteiger partial charge is 0.131 e. The highest BCUT2D eigenvalue weighted by molar-refractivity contribution is 5.48. The van der Waals surface area contributed by atoms with E-state index >= 15 is 0 Å². The van der Waals surface area contributed by atoms with Crippen LogP contribution in [0.5, 0.6) is 5.75 Å². The molecule has 1 fully saturated rings. The van der Waals surface area contributed by atoms with Crippen LogP contribution in [0.2, 0.25) is 0 Å². The normalized spacial score (nSPS) is 15.7. The highest BCUT2D eigenvalue weighted by atomic mass is 16.5. The molecule has 106 valence electrons. The van der Waals surface area contributed by atoms with Crippen molar-refractivity contribution in [1.82, 2.24) is 14.7 Å². The minimum absolute atomic E-state index is 0.724. The van der Waals surface area contributed by atoms with Crippen molar-refractivity contribution in [3.8, 4) is 11.4 Å². The number of hydrogen-bond acceptors (Lipinski definition) is 4. The largest absolute Gasteiger partial charge is 0.497 e. The second kappa shape index (κ2) is 5.54. The van der Waals surface area contributed by atoms with Crippen molar-refractivity contribution in [1.29, 1.82) is 0 Å². The molecule has 5 nitrogen and oxygen atoms in total. The van der Waals surface area contributed by atoms with Gasteiger partial charge in [0.1, 0.15) is 11.6 Å². The van der Waals surface area contributed by atoms with E-state index in [1.54, 1.807) is 11.8 Å². The predicted molar refractivity (Wildman–Crippen MR) is 79.0 cm³/mol. The number of nitrogens with two attached hydrogens (primary N) is 1. The van der Waals surface area contributed by atoms with E-state index in [9.17, 15) is 0 Å². The molecule has 2 N–H and O–H groups in total. The van der Waals surface area contributed by atoms with Crippen molar-refractivity contribution < 1.29 is 4.74 Å². The quantitative estimate of drug-likeness (QED) is 0.925. The Morgan fingerprint density at radius 1 is 1.20 bits per heavy atom. The maximum Gasteiger partial charge on any atom is 0.131 e. The van der Waals surface area contributed by atoms with Gasteiger partial charge in [0.05, 0.1) is 19.0 Å². The summed E-state index contributed by atoms with van der Waals surface area (Å²) in [6, 6.07) is 7.75. The molecule has 1 aromatic heterocycles. The molecule has 0 radical (unpaired) electrons. The van der Waals surface area contributed by atoms with Gasteiger partial charge >= 0.3 is 0 Å². The molecule has 0 atom stereocenters. The first-order valence-electron chi connectivity index (χ1n) is 6.97. The van der Waals surface area contributed by atoms with Gasteiger partial charge in [0.15, 0.2) is 0 Å². The Kier molecular flexibility index (Phi) is 3.60. The van der Waals surface area contributed by atoms with Crippen LogP contribution in [0.25, 0.3) is 5.69 Å². The van der Waals surface area contributed by atoms with Crippen molar-refractivity contribution in [2.24, 2.45) is 0 Å². The number of nitrogens with zero attached hydrogens (tertiary/aromatic N) is 3. The Balaban J connectivity index is 1.81. The zero-order chi connectivity index (χ0) is 13.9. The average Bonchev–Trinajstić information content (AvgIpc) is 3.11. The highest BCUT2D eigenvalue weighted by Crippen LogP contribution is 2.22. The topological polar surface area (TPSA) is 56.3 Å². The van der Waals surface area contributed by atoms with Crippen molar-refractivity contribution >= 4 is 5.82 Å². The first-order valence-corrected chi connectivity index (χ1v) is 6.97. The van der Waals surface area contributed by atoms with Crippen LogP contribution >= 0.6 is 0 Å². The van der Waals surface area contributed by atoms with Gasteiger partial charge in [-0.05, 0) is 50.2 Å². The lowest BCUT2D eigenvalue weighted by atomic mass is 10.3. The summed E-state index contributed by atoms with van der Waals surface area (Å²) < 4.78 is 6.94. The van der Waals surface area contributed by atoms with E-state index in [-0.39, 0.29) is 0 Å². The van der Waals surface area contributed by atoms with Crippen molar-refractivity contribution in [2.45, 2.75) is 19.4 Å². The van der Waals surface area contributed by atoms with Gasteiger partial charge in [-0.3, -0.25) is 4.90 Å². The first kappa shape index (κ1) is 13.0. The third-order valence-electron chi connectivity index (χ3n) is 3.80. The van der Waals surface area contributed by atoms with Crippen LogP contribution in [0.1, 0.15) is 18.4 Å². The van der Waals surface area contributed by atoms with Crippen LogP contribution in [0.4, 0.5) is 5.82 Å². The second-order valence-electron chi connectivity index (χ2n) is 5.15. The van der Waals surface area contributed by atoms with Crippen molar-refractivity contribution in [3.05, 3.63) is 36.0 Å². The third-order valence-corrected chi connectivity index (χ3v) is 3.80. The number of benzene rings is 1. The third kappa shape index (κ3) is 2.49. The highest BCUT2D eigenvalue weighted by Gasteiger charge is 2.16. The van der Waals surface area contributed by atoms with Gasteiger partial charge in [-0.15, -0.1) is 0 Å². The lowest BCUT2D eigenvalue weighted by Gasteiger charge is -2.13. The first-order chi connectivity index (χ1) is 9.78. The van der Waals surface area contributed by atoms with E-state index in [4.69, 9.17) is 10.5 Å². The fourth-order valence-corrected chi connectivity index (χ4v) is 2.62. The Morgan fingerprint density at radius 3 is 2.55 bits per heavy atom. The molecule has 0 unspecified atom stereocenters. The number of rotatable bonds is 4. The molecule has 1 aliphatic rings. The number of methoxy groups -OCH3 is 1. The molecule has 0 aliphatic carbocycles. The molecule has 0 bridgehead atoms. The zero-order valence-electron chi connectivity index (χ0n) is 11.7. The SMILES string of the molecule is COc1ccc(-n2ncc(CN3CCCC3)c2N)cc1. The standard InChI is InChI=1S/C15H20N4O/c1-20-14-6-4-13(5-7-14)19-15(16)12(10-17-19)11-18-8-2-3-9-18/h4-7,10H,2-3,8-9,11,16H2,1H3. The summed E-state index contributed by atoms with van der Waals surface area (Å²) in [5.41, 5.74) is 8.28. The fraction of sp³-hybridized carbons (Fsp3) is 0.400. The maximum absolute atomic E-state index is 6.23. The summed E-state index contributed by atoms with van der Waals surface area (Å²) >= 11 is 0. The van der Waals surface area contributed by atoms with Gasteiger partial charge in [-0.1, -0.05) is 0 Å². The molecule has 0 saturated carbocycles. The molecule has 2 heterocycles. The number of anilines is 1. The van der Waals surface area contributed by atoms with Gasteiger partial charge in [-0.2, -0.15) is 5.10 Å². The van der Waals surface area contributed by atoms with E-state index in [2.05, 4.69) is 10.00 Å². The maximum atomic E-state index is 6.23. The van der Waals surface area contributed by atoms with Crippen LogP contribution in [0, 0.1) is 0 Å². The predicted octanol–water partition coefficient (Wildman–Crippen LogP) is 2.06. The number of hydrogen-bond donors (Lipinski definition) is 1. The average molecular weight is 272 g/mol. The van der Waals surface area contributed by atoms with Crippen LogP contribution in [-0.4, -0.2) is 34.9 Å². The summed E-state index contributed by atoms with van der Waals surface area (Å²) in [5.74, 6) is 1.55. The number of ether oxygens (including phenoxy) is 1. The minimum atomic E-state index is 0.724. The molecule has 1 aliphatic heterocycles. The fourth-order valence-electron chi connectivity index (χ4n) is 2.62. The number of aromatic nitrogens is 2. The van der Waals surface area contributed by atoms with E-state index in [0.717, 1.165) is 42.5 Å². The molecule has 0 amide bonds. The Morgan fingerprint density at radius 2 is 1.90 bits per heavy atom. The van der Waals surface area contributed by atoms with Gasteiger partial charge in [0, 0.05) is 12.1 Å². The Bertz CT molecular complexity index is 570. The summed E-state index contributed by atoms with van der Waals surface area (Å²) in [6.45, 7) is 3.21. The van der Waals surface area contributed by atoms with Gasteiger partial charge in [0.2, 0.25) is 0 Å². The van der Waals surface area contributed by atoms with Gasteiger partial charge < -0.3 is 10.5 Å². The summed E-state index contributed by atoms with van der Waals surface area (Å²) in [4.78, 5) is 2.42. The molecule has 1 aromatic carbocycles. The lowest BCUT2D eigenvalue weighted by molar-refractivity contribution is 0.332. The van der Waals surface area contributed by atoms with Crippen LogP contribution in [0.3, 0.4) is 0 Å². The molecular formula is C15H20N4O. The molecule has 0 spiro atoms. The molecule has 20 heavy (non-hydrogen) atoms. The van der Waals surface area contributed by atoms with Crippen molar-refractivity contribution in [3.63, 3.8) is 0 Å². The molecular weight excluding hydrogens is 252 g/mol. The van der Waals surface area contributed by atoms with E-state index in [1.807, 2.05) is 30.5 Å². The van der Waals surface area contributed by atoms with Gasteiger partial charge in [0.25, 0.3) is 0 Å². The molecule has 2 aromatic rings. The molecule has 3 rings (SSSR count). The Labute approximate surface area is 118 Å². The van der Waals surface area contributed by atoms with E-state index < -0.39 is 0 Å². The van der Waals surface area contributed by atoms with Crippen LogP contribution < -0.4 is 10.5 Å². The number of likely N-dealkylation sites (tertiary alicyclic amines) is 1. The summed E-state index contributed by atoms with van der Waals surface area (Å²) in [6.07, 6.45) is 4.44. The van der Waals surface area contributed by atoms with Gasteiger partial charge in [-0.25, -0.2) is 4.68 Å². The minimum Gasteiger partial charge on any atom is -0.497 e. The summed E-state index contributed by atoms with van der Waals surface area (Å²) in [7, 11) is 1.66. The molecule has 5 heteroatoms. The molecule has 1 saturated heterocycles. The zero-order valence-corrected chi connectivity index (χ0v) is 11.7. The Hall–Kier alpha value is -2.01. The monoisotopic (exact) mass is 272 g/mol. The van der Waals surface area contributed by atoms with Crippen LogP contribution in [0.15, 0.2) is 30.5 Å². The van der Waals surface area contributed by atoms with Crippen LogP contribution in [-0.2, 0) is 6.54 Å². The lowest BCUT2D eigenvalue weighted by Crippen LogP contribution is -2.19. The number of nitrogen functional groups attached to an aromatic ring is 1.